The summed E-state index contributed by atoms with van der Waals surface area (Å²) in [6, 6.07) is 12.6. The fourth-order valence-electron chi connectivity index (χ4n) is 3.56. The van der Waals surface area contributed by atoms with Gasteiger partial charge in [-0.25, -0.2) is 0 Å². The van der Waals surface area contributed by atoms with Crippen LogP contribution in [0.15, 0.2) is 40.8 Å². The predicted molar refractivity (Wildman–Crippen MR) is 108 cm³/mol. The van der Waals surface area contributed by atoms with E-state index in [9.17, 15) is 4.79 Å². The van der Waals surface area contributed by atoms with Gasteiger partial charge in [0.2, 0.25) is 0 Å². The summed E-state index contributed by atoms with van der Waals surface area (Å²) in [5, 5.41) is 3.18. The highest BCUT2D eigenvalue weighted by Gasteiger charge is 2.29. The Morgan fingerprint density at radius 3 is 2.65 bits per heavy atom. The molecule has 1 aromatic carbocycles. The van der Waals surface area contributed by atoms with Gasteiger partial charge in [0.25, 0.3) is 5.91 Å². The molecule has 0 saturated heterocycles. The number of amides is 1. The van der Waals surface area contributed by atoms with Crippen molar-refractivity contribution in [2.24, 2.45) is 11.8 Å². The maximum atomic E-state index is 12.5. The Balaban J connectivity index is 1.49. The molecule has 1 amide bonds. The van der Waals surface area contributed by atoms with Crippen molar-refractivity contribution in [1.29, 1.82) is 0 Å². The third-order valence-electron chi connectivity index (χ3n) is 5.54. The fourth-order valence-corrected chi connectivity index (χ4v) is 4.44. The molecule has 140 valence electrons. The molecule has 1 aliphatic carbocycles. The monoisotopic (exact) mass is 371 g/mol. The van der Waals surface area contributed by atoms with Gasteiger partial charge in [-0.1, -0.05) is 56.5 Å². The molecular formula is C22H29NO2S. The minimum Gasteiger partial charge on any atom is -0.455 e. The standard InChI is InChI=1S/C22H29NO2S/c1-15-7-9-18(10-8-15)13-26-14-19-11-12-21(25-19)22(24)23-20-6-4-5-16(2)17(20)3/h7-12,16-17,20H,4-6,13-14H2,1-3H3,(H,23,24)/t16-,17+,20+/m0/s1. The quantitative estimate of drug-likeness (QED) is 0.721. The summed E-state index contributed by atoms with van der Waals surface area (Å²) in [5.74, 6) is 4.12. The van der Waals surface area contributed by atoms with Crippen LogP contribution < -0.4 is 5.32 Å². The minimum atomic E-state index is -0.0780. The van der Waals surface area contributed by atoms with Gasteiger partial charge < -0.3 is 9.73 Å². The van der Waals surface area contributed by atoms with E-state index in [4.69, 9.17) is 4.42 Å². The van der Waals surface area contributed by atoms with E-state index in [1.54, 1.807) is 17.8 Å². The van der Waals surface area contributed by atoms with Gasteiger partial charge in [0.1, 0.15) is 5.76 Å². The molecule has 0 radical (unpaired) electrons. The van der Waals surface area contributed by atoms with Gasteiger partial charge in [0.15, 0.2) is 5.76 Å². The molecule has 1 heterocycles. The van der Waals surface area contributed by atoms with E-state index < -0.39 is 0 Å². The zero-order valence-corrected chi connectivity index (χ0v) is 16.8. The van der Waals surface area contributed by atoms with Crippen molar-refractivity contribution in [2.45, 2.75) is 57.6 Å². The van der Waals surface area contributed by atoms with E-state index in [1.165, 1.54) is 24.0 Å². The van der Waals surface area contributed by atoms with E-state index in [0.29, 0.717) is 17.6 Å². The summed E-state index contributed by atoms with van der Waals surface area (Å²) < 4.78 is 5.77. The molecule has 3 atom stereocenters. The molecule has 1 N–H and O–H groups in total. The van der Waals surface area contributed by atoms with E-state index in [0.717, 1.165) is 23.7 Å². The second-order valence-electron chi connectivity index (χ2n) is 7.59. The Hall–Kier alpha value is -1.68. The molecule has 0 spiro atoms. The normalized spacial score (nSPS) is 23.0. The summed E-state index contributed by atoms with van der Waals surface area (Å²) >= 11 is 1.80. The predicted octanol–water partition coefficient (Wildman–Crippen LogP) is 5.58. The van der Waals surface area contributed by atoms with Gasteiger partial charge in [0, 0.05) is 11.8 Å². The highest BCUT2D eigenvalue weighted by Crippen LogP contribution is 2.29. The molecule has 0 unspecified atom stereocenters. The zero-order valence-electron chi connectivity index (χ0n) is 16.0. The van der Waals surface area contributed by atoms with Crippen molar-refractivity contribution < 1.29 is 9.21 Å². The number of carbonyl (C=O) groups is 1. The van der Waals surface area contributed by atoms with Crippen LogP contribution in [-0.2, 0) is 11.5 Å². The smallest absolute Gasteiger partial charge is 0.287 e. The van der Waals surface area contributed by atoms with E-state index in [-0.39, 0.29) is 11.9 Å². The first kappa shape index (κ1) is 19.1. The summed E-state index contributed by atoms with van der Waals surface area (Å²) in [5.41, 5.74) is 2.59. The molecule has 3 nitrogen and oxygen atoms in total. The van der Waals surface area contributed by atoms with Crippen molar-refractivity contribution in [3.05, 3.63) is 59.0 Å². The third-order valence-corrected chi connectivity index (χ3v) is 6.57. The molecule has 1 saturated carbocycles. The fraction of sp³-hybridized carbons (Fsp3) is 0.500. The first-order valence-corrected chi connectivity index (χ1v) is 10.7. The first-order chi connectivity index (χ1) is 12.5. The molecule has 1 aliphatic rings. The first-order valence-electron chi connectivity index (χ1n) is 9.56. The molecule has 3 rings (SSSR count). The number of aryl methyl sites for hydroxylation is 1. The van der Waals surface area contributed by atoms with E-state index in [2.05, 4.69) is 50.4 Å². The lowest BCUT2D eigenvalue weighted by molar-refractivity contribution is 0.0861. The lowest BCUT2D eigenvalue weighted by atomic mass is 9.78. The summed E-state index contributed by atoms with van der Waals surface area (Å²) in [6.45, 7) is 6.62. The molecular weight excluding hydrogens is 342 g/mol. The molecule has 2 aromatic rings. The molecule has 26 heavy (non-hydrogen) atoms. The van der Waals surface area contributed by atoms with Crippen molar-refractivity contribution in [3.8, 4) is 0 Å². The highest BCUT2D eigenvalue weighted by atomic mass is 32.2. The van der Waals surface area contributed by atoms with Crippen LogP contribution in [0.3, 0.4) is 0 Å². The van der Waals surface area contributed by atoms with Crippen molar-refractivity contribution in [1.82, 2.24) is 5.32 Å². The highest BCUT2D eigenvalue weighted by molar-refractivity contribution is 7.97. The Kier molecular flexibility index (Phi) is 6.47. The van der Waals surface area contributed by atoms with Gasteiger partial charge in [-0.3, -0.25) is 4.79 Å². The number of benzene rings is 1. The molecule has 0 aliphatic heterocycles. The number of carbonyl (C=O) groups excluding carboxylic acids is 1. The lowest BCUT2D eigenvalue weighted by Gasteiger charge is -2.34. The number of furan rings is 1. The Morgan fingerprint density at radius 1 is 1.12 bits per heavy atom. The van der Waals surface area contributed by atoms with Crippen LogP contribution in [0.1, 0.15) is 60.6 Å². The van der Waals surface area contributed by atoms with Gasteiger partial charge in [-0.05, 0) is 42.9 Å². The van der Waals surface area contributed by atoms with Crippen LogP contribution >= 0.6 is 11.8 Å². The Labute approximate surface area is 160 Å². The largest absolute Gasteiger partial charge is 0.455 e. The Morgan fingerprint density at radius 2 is 1.88 bits per heavy atom. The molecule has 1 fully saturated rings. The summed E-state index contributed by atoms with van der Waals surface area (Å²) in [6.07, 6.45) is 3.52. The number of hydrogen-bond acceptors (Lipinski definition) is 3. The topological polar surface area (TPSA) is 42.2 Å². The Bertz CT molecular complexity index is 722. The average molecular weight is 372 g/mol. The van der Waals surface area contributed by atoms with Gasteiger partial charge >= 0.3 is 0 Å². The third kappa shape index (κ3) is 4.94. The van der Waals surface area contributed by atoms with Crippen LogP contribution in [0, 0.1) is 18.8 Å². The van der Waals surface area contributed by atoms with Crippen LogP contribution in [0.5, 0.6) is 0 Å². The van der Waals surface area contributed by atoms with Crippen LogP contribution in [0.4, 0.5) is 0 Å². The maximum absolute atomic E-state index is 12.5. The lowest BCUT2D eigenvalue weighted by Crippen LogP contribution is -2.43. The van der Waals surface area contributed by atoms with Crippen LogP contribution in [0.2, 0.25) is 0 Å². The van der Waals surface area contributed by atoms with Crippen molar-refractivity contribution in [2.75, 3.05) is 0 Å². The van der Waals surface area contributed by atoms with Gasteiger partial charge in [-0.2, -0.15) is 0 Å². The number of thioether (sulfide) groups is 1. The second kappa shape index (κ2) is 8.81. The molecule has 1 aromatic heterocycles. The number of hydrogen-bond donors (Lipinski definition) is 1. The summed E-state index contributed by atoms with van der Waals surface area (Å²) in [7, 11) is 0. The minimum absolute atomic E-state index is 0.0780. The van der Waals surface area contributed by atoms with E-state index >= 15 is 0 Å². The number of nitrogens with one attached hydrogen (secondary N) is 1. The SMILES string of the molecule is Cc1ccc(CSCc2ccc(C(=O)N[C@@H]3CCC[C@H](C)[C@H]3C)o2)cc1. The molecule has 0 bridgehead atoms. The zero-order chi connectivity index (χ0) is 18.5. The van der Waals surface area contributed by atoms with Gasteiger partial charge in [0.05, 0.1) is 5.75 Å². The average Bonchev–Trinajstić information content (AvgIpc) is 3.10. The van der Waals surface area contributed by atoms with Crippen LogP contribution in [-0.4, -0.2) is 11.9 Å². The summed E-state index contributed by atoms with van der Waals surface area (Å²) in [4.78, 5) is 12.5. The maximum Gasteiger partial charge on any atom is 0.287 e. The van der Waals surface area contributed by atoms with Crippen molar-refractivity contribution in [3.63, 3.8) is 0 Å². The van der Waals surface area contributed by atoms with Crippen LogP contribution in [0.25, 0.3) is 0 Å². The second-order valence-corrected chi connectivity index (χ2v) is 8.58. The van der Waals surface area contributed by atoms with Crippen molar-refractivity contribution >= 4 is 17.7 Å². The number of rotatable bonds is 6. The van der Waals surface area contributed by atoms with E-state index in [1.807, 2.05) is 6.07 Å². The molecule has 4 heteroatoms. The van der Waals surface area contributed by atoms with Gasteiger partial charge in [-0.15, -0.1) is 11.8 Å².